The number of benzene rings is 2. The average Bonchev–Trinajstić information content (AvgIpc) is 3.31. The molecule has 4 rings (SSSR count). The van der Waals surface area contributed by atoms with Gasteiger partial charge < -0.3 is 33.4 Å². The first-order chi connectivity index (χ1) is 17.0. The van der Waals surface area contributed by atoms with E-state index in [-0.39, 0.29) is 24.0 Å². The lowest BCUT2D eigenvalue weighted by molar-refractivity contribution is -0.197. The van der Waals surface area contributed by atoms with Crippen molar-refractivity contribution in [2.24, 2.45) is 4.99 Å². The van der Waals surface area contributed by atoms with Crippen LogP contribution in [0.2, 0.25) is 0 Å². The molecule has 5 atom stereocenters. The van der Waals surface area contributed by atoms with Crippen molar-refractivity contribution in [2.75, 3.05) is 28.3 Å². The van der Waals surface area contributed by atoms with Gasteiger partial charge in [0, 0.05) is 20.5 Å². The molecule has 0 radical (unpaired) electrons. The topological polar surface area (TPSA) is 78.8 Å². The van der Waals surface area contributed by atoms with E-state index in [2.05, 4.69) is 0 Å². The number of hydrogen-bond acceptors (Lipinski definition) is 9. The molecule has 0 bridgehead atoms. The van der Waals surface area contributed by atoms with Gasteiger partial charge >= 0.3 is 0 Å². The predicted octanol–water partition coefficient (Wildman–Crippen LogP) is 3.52. The van der Waals surface area contributed by atoms with Gasteiger partial charge in [0.05, 0.1) is 33.5 Å². The third kappa shape index (κ3) is 6.16. The maximum Gasteiger partial charge on any atom is 0.161 e. The first-order valence-electron chi connectivity index (χ1n) is 11.5. The highest BCUT2D eigenvalue weighted by Crippen LogP contribution is 2.40. The molecule has 2 aliphatic heterocycles. The van der Waals surface area contributed by atoms with Crippen molar-refractivity contribution < 1.29 is 28.5 Å². The van der Waals surface area contributed by atoms with Crippen molar-refractivity contribution in [3.8, 4) is 11.5 Å². The van der Waals surface area contributed by atoms with Crippen LogP contribution in [0, 0.1) is 0 Å². The van der Waals surface area contributed by atoms with E-state index in [9.17, 15) is 4.79 Å². The van der Waals surface area contributed by atoms with Crippen LogP contribution in [0.5, 0.6) is 11.5 Å². The minimum absolute atomic E-state index is 0.219. The summed E-state index contributed by atoms with van der Waals surface area (Å²) in [4.78, 5) is 18.4. The van der Waals surface area contributed by atoms with Crippen molar-refractivity contribution in [1.82, 2.24) is 4.90 Å². The average molecular weight is 501 g/mol. The standard InChI is InChI=1S/C26H32N2O6S/c1-28(2)26-27-22-24(33-16-18-7-11-20(31-4)12-8-18)23(21(13-14-29)34-25(22)35-26)32-15-17-5-9-19(30-3)10-6-17/h5-12,14,21-25H,13,15-16H2,1-4H3/t21-,22-,23-,24-,25-/m1/s1. The summed E-state index contributed by atoms with van der Waals surface area (Å²) in [6.07, 6.45) is -0.187. The number of carbonyl (C=O) groups excluding carboxylic acids is 1. The van der Waals surface area contributed by atoms with Crippen LogP contribution in [0.25, 0.3) is 0 Å². The number of aliphatic imine (C=N–C) groups is 1. The number of amidine groups is 1. The smallest absolute Gasteiger partial charge is 0.161 e. The van der Waals surface area contributed by atoms with Gasteiger partial charge in [0.1, 0.15) is 41.5 Å². The molecule has 1 saturated heterocycles. The highest BCUT2D eigenvalue weighted by molar-refractivity contribution is 8.14. The zero-order valence-electron chi connectivity index (χ0n) is 20.5. The second-order valence-electron chi connectivity index (χ2n) is 8.61. The molecule has 188 valence electrons. The van der Waals surface area contributed by atoms with E-state index in [0.29, 0.717) is 13.2 Å². The quantitative estimate of drug-likeness (QED) is 0.459. The molecule has 35 heavy (non-hydrogen) atoms. The van der Waals surface area contributed by atoms with E-state index < -0.39 is 12.2 Å². The molecular formula is C26H32N2O6S. The molecule has 0 N–H and O–H groups in total. The fourth-order valence-electron chi connectivity index (χ4n) is 4.11. The fourth-order valence-corrected chi connectivity index (χ4v) is 5.27. The second kappa shape index (κ2) is 11.9. The monoisotopic (exact) mass is 500 g/mol. The summed E-state index contributed by atoms with van der Waals surface area (Å²) in [5.41, 5.74) is 1.76. The van der Waals surface area contributed by atoms with Gasteiger partial charge in [-0.05, 0) is 35.4 Å². The van der Waals surface area contributed by atoms with Crippen molar-refractivity contribution in [1.29, 1.82) is 0 Å². The van der Waals surface area contributed by atoms with Crippen molar-refractivity contribution >= 4 is 23.2 Å². The molecule has 8 nitrogen and oxygen atoms in total. The number of ether oxygens (including phenoxy) is 5. The molecule has 0 amide bonds. The Morgan fingerprint density at radius 2 is 1.46 bits per heavy atom. The molecule has 0 saturated carbocycles. The Balaban J connectivity index is 1.56. The van der Waals surface area contributed by atoms with Gasteiger partial charge in [-0.3, -0.25) is 4.99 Å². The third-order valence-corrected chi connectivity index (χ3v) is 7.31. The van der Waals surface area contributed by atoms with E-state index in [1.807, 2.05) is 67.5 Å². The third-order valence-electron chi connectivity index (χ3n) is 6.01. The van der Waals surface area contributed by atoms with Crippen LogP contribution in [0.4, 0.5) is 0 Å². The summed E-state index contributed by atoms with van der Waals surface area (Å²) in [6, 6.07) is 15.2. The normalized spacial score (nSPS) is 25.5. The maximum absolute atomic E-state index is 11.5. The number of hydrogen-bond donors (Lipinski definition) is 0. The molecule has 2 aromatic carbocycles. The number of nitrogens with zero attached hydrogens (tertiary/aromatic N) is 2. The van der Waals surface area contributed by atoms with Gasteiger partial charge in [-0.2, -0.15) is 0 Å². The molecule has 0 unspecified atom stereocenters. The zero-order valence-corrected chi connectivity index (χ0v) is 21.3. The number of carbonyl (C=O) groups is 1. The molecule has 2 aromatic rings. The van der Waals surface area contributed by atoms with Gasteiger partial charge in [0.15, 0.2) is 5.17 Å². The summed E-state index contributed by atoms with van der Waals surface area (Å²) >= 11 is 1.56. The van der Waals surface area contributed by atoms with Gasteiger partial charge in [-0.15, -0.1) is 0 Å². The Hall–Kier alpha value is -2.59. The number of methoxy groups -OCH3 is 2. The number of rotatable bonds is 10. The van der Waals surface area contributed by atoms with Gasteiger partial charge in [0.25, 0.3) is 0 Å². The lowest BCUT2D eigenvalue weighted by atomic mass is 9.95. The first-order valence-corrected chi connectivity index (χ1v) is 12.4. The van der Waals surface area contributed by atoms with E-state index in [1.54, 1.807) is 26.0 Å². The highest BCUT2D eigenvalue weighted by atomic mass is 32.2. The summed E-state index contributed by atoms with van der Waals surface area (Å²) in [5, 5.41) is 0.874. The summed E-state index contributed by atoms with van der Waals surface area (Å²) in [5.74, 6) is 1.57. The van der Waals surface area contributed by atoms with Gasteiger partial charge in [-0.1, -0.05) is 36.0 Å². The van der Waals surface area contributed by atoms with Crippen LogP contribution in [0.15, 0.2) is 53.5 Å². The largest absolute Gasteiger partial charge is 0.497 e. The Morgan fingerprint density at radius 3 is 1.94 bits per heavy atom. The van der Waals surface area contributed by atoms with Crippen LogP contribution in [-0.2, 0) is 32.2 Å². The summed E-state index contributed by atoms with van der Waals surface area (Å²) in [7, 11) is 7.19. The van der Waals surface area contributed by atoms with Crippen molar-refractivity contribution in [3.63, 3.8) is 0 Å². The molecule has 9 heteroatoms. The van der Waals surface area contributed by atoms with E-state index in [1.165, 1.54) is 0 Å². The Labute approximate surface area is 210 Å². The van der Waals surface area contributed by atoms with Crippen molar-refractivity contribution in [2.45, 2.75) is 49.4 Å². The lowest BCUT2D eigenvalue weighted by Crippen LogP contribution is -2.56. The molecule has 0 spiro atoms. The fraction of sp³-hybridized carbons (Fsp3) is 0.462. The SMILES string of the molecule is COc1ccc(CO[C@@H]2[C@H]3N=C(N(C)C)S[C@H]3O[C@H](CC=O)[C@H]2OCc2ccc(OC)cc2)cc1. The van der Waals surface area contributed by atoms with Crippen LogP contribution in [-0.4, -0.2) is 74.5 Å². The highest BCUT2D eigenvalue weighted by Gasteiger charge is 2.50. The number of aldehydes is 1. The Morgan fingerprint density at radius 1 is 0.914 bits per heavy atom. The lowest BCUT2D eigenvalue weighted by Gasteiger charge is -2.42. The minimum Gasteiger partial charge on any atom is -0.497 e. The van der Waals surface area contributed by atoms with E-state index >= 15 is 0 Å². The van der Waals surface area contributed by atoms with Gasteiger partial charge in [-0.25, -0.2) is 0 Å². The predicted molar refractivity (Wildman–Crippen MR) is 135 cm³/mol. The zero-order chi connectivity index (χ0) is 24.8. The minimum atomic E-state index is -0.465. The van der Waals surface area contributed by atoms with E-state index in [0.717, 1.165) is 34.1 Å². The molecule has 0 aromatic heterocycles. The molecule has 1 fully saturated rings. The van der Waals surface area contributed by atoms with Crippen LogP contribution in [0.1, 0.15) is 17.5 Å². The maximum atomic E-state index is 11.5. The molecular weight excluding hydrogens is 468 g/mol. The Kier molecular flexibility index (Phi) is 8.67. The number of thioether (sulfide) groups is 1. The molecule has 2 aliphatic rings. The number of fused-ring (bicyclic) bond motifs is 1. The second-order valence-corrected chi connectivity index (χ2v) is 9.67. The Bertz CT molecular complexity index is 998. The van der Waals surface area contributed by atoms with Crippen LogP contribution < -0.4 is 9.47 Å². The molecule has 0 aliphatic carbocycles. The summed E-state index contributed by atoms with van der Waals surface area (Å²) in [6.45, 7) is 0.732. The van der Waals surface area contributed by atoms with Crippen LogP contribution >= 0.6 is 11.8 Å². The summed E-state index contributed by atoms with van der Waals surface area (Å²) < 4.78 is 29.7. The first kappa shape index (κ1) is 25.5. The van der Waals surface area contributed by atoms with Crippen molar-refractivity contribution in [3.05, 3.63) is 59.7 Å². The van der Waals surface area contributed by atoms with E-state index in [4.69, 9.17) is 28.7 Å². The molecule has 2 heterocycles. The van der Waals surface area contributed by atoms with Crippen LogP contribution in [0.3, 0.4) is 0 Å². The van der Waals surface area contributed by atoms with Gasteiger partial charge in [0.2, 0.25) is 0 Å².